The van der Waals surface area contributed by atoms with Gasteiger partial charge in [0.25, 0.3) is 0 Å². The van der Waals surface area contributed by atoms with E-state index in [1.807, 2.05) is 16.4 Å². The zero-order valence-electron chi connectivity index (χ0n) is 19.3. The van der Waals surface area contributed by atoms with E-state index in [4.69, 9.17) is 17.0 Å². The number of hydrogen-bond donors (Lipinski definition) is 1. The molecule has 9 heteroatoms. The van der Waals surface area contributed by atoms with Gasteiger partial charge in [0.1, 0.15) is 5.75 Å². The van der Waals surface area contributed by atoms with Crippen LogP contribution in [0.3, 0.4) is 0 Å². The second-order valence-electron chi connectivity index (χ2n) is 8.20. The van der Waals surface area contributed by atoms with Crippen molar-refractivity contribution >= 4 is 27.2 Å². The van der Waals surface area contributed by atoms with E-state index in [1.54, 1.807) is 37.6 Å². The molecular weight excluding hydrogens is 432 g/mol. The Kier molecular flexibility index (Phi) is 8.88. The second kappa shape index (κ2) is 10.9. The Hall–Kier alpha value is -2.13. The molecule has 2 rings (SSSR count). The zero-order valence-corrected chi connectivity index (χ0v) is 20.9. The highest BCUT2D eigenvalue weighted by atomic mass is 32.2. The molecule has 0 saturated heterocycles. The third kappa shape index (κ3) is 6.67. The summed E-state index contributed by atoms with van der Waals surface area (Å²) in [5, 5.41) is 3.93. The van der Waals surface area contributed by atoms with Crippen molar-refractivity contribution < 1.29 is 13.2 Å². The second-order valence-corrected chi connectivity index (χ2v) is 10.5. The number of benzene rings is 1. The lowest BCUT2D eigenvalue weighted by atomic mass is 10.2. The average Bonchev–Trinajstić information content (AvgIpc) is 3.08. The van der Waals surface area contributed by atoms with Crippen LogP contribution in [0.4, 0.5) is 0 Å². The van der Waals surface area contributed by atoms with E-state index in [9.17, 15) is 8.42 Å². The Morgan fingerprint density at radius 3 is 2.58 bits per heavy atom. The van der Waals surface area contributed by atoms with E-state index in [1.165, 1.54) is 0 Å². The van der Waals surface area contributed by atoms with Gasteiger partial charge in [0.15, 0.2) is 5.11 Å². The molecule has 0 amide bonds. The molecule has 0 aliphatic carbocycles. The lowest BCUT2D eigenvalue weighted by Crippen LogP contribution is -2.43. The van der Waals surface area contributed by atoms with Crippen LogP contribution >= 0.6 is 12.2 Å². The first-order valence-electron chi connectivity index (χ1n) is 10.5. The third-order valence-electron chi connectivity index (χ3n) is 4.76. The normalized spacial score (nSPS) is 11.7. The molecule has 1 heterocycles. The van der Waals surface area contributed by atoms with Crippen molar-refractivity contribution in [1.82, 2.24) is 19.8 Å². The molecule has 1 N–H and O–H groups in total. The van der Waals surface area contributed by atoms with Crippen molar-refractivity contribution in [2.24, 2.45) is 5.92 Å². The molecule has 0 radical (unpaired) electrons. The minimum absolute atomic E-state index is 0.0945. The van der Waals surface area contributed by atoms with Crippen LogP contribution in [0, 0.1) is 5.92 Å². The number of nitrogens with one attached hydrogen (secondary N) is 1. The Balaban J connectivity index is 2.41. The standard InChI is InChI=1S/C22H34N4O3S2/c1-7-23-21(30)25(17(4)5)14-19-12-24-22(26(19)13-16(2)3)31(27,28)15-18-9-8-10-20(11-18)29-6/h8-12,16-17H,7,13-15H2,1-6H3,(H,23,30). The van der Waals surface area contributed by atoms with E-state index in [0.717, 1.165) is 12.2 Å². The summed E-state index contributed by atoms with van der Waals surface area (Å²) in [6, 6.07) is 7.26. The first kappa shape index (κ1) is 25.1. The number of ether oxygens (including phenoxy) is 1. The van der Waals surface area contributed by atoms with E-state index in [0.29, 0.717) is 29.5 Å². The largest absolute Gasteiger partial charge is 0.497 e. The van der Waals surface area contributed by atoms with E-state index in [2.05, 4.69) is 38.0 Å². The topological polar surface area (TPSA) is 76.5 Å². The van der Waals surface area contributed by atoms with Gasteiger partial charge in [0.2, 0.25) is 15.0 Å². The summed E-state index contributed by atoms with van der Waals surface area (Å²) in [5.74, 6) is 0.748. The van der Waals surface area contributed by atoms with E-state index in [-0.39, 0.29) is 22.9 Å². The fourth-order valence-corrected chi connectivity index (χ4v) is 5.20. The maximum Gasteiger partial charge on any atom is 0.228 e. The number of methoxy groups -OCH3 is 1. The molecule has 31 heavy (non-hydrogen) atoms. The highest BCUT2D eigenvalue weighted by Crippen LogP contribution is 2.22. The molecule has 172 valence electrons. The lowest BCUT2D eigenvalue weighted by Gasteiger charge is -2.30. The molecule has 1 aromatic carbocycles. The van der Waals surface area contributed by atoms with Crippen LogP contribution in [-0.2, 0) is 28.7 Å². The summed E-state index contributed by atoms with van der Waals surface area (Å²) in [7, 11) is -2.09. The Labute approximate surface area is 191 Å². The molecule has 0 spiro atoms. The Morgan fingerprint density at radius 1 is 1.29 bits per heavy atom. The highest BCUT2D eigenvalue weighted by Gasteiger charge is 2.26. The predicted octanol–water partition coefficient (Wildman–Crippen LogP) is 3.63. The van der Waals surface area contributed by atoms with Crippen molar-refractivity contribution in [3.05, 3.63) is 41.7 Å². The first-order chi connectivity index (χ1) is 14.6. The van der Waals surface area contributed by atoms with Crippen molar-refractivity contribution in [3.63, 3.8) is 0 Å². The lowest BCUT2D eigenvalue weighted by molar-refractivity contribution is 0.323. The number of hydrogen-bond acceptors (Lipinski definition) is 5. The summed E-state index contributed by atoms with van der Waals surface area (Å²) in [4.78, 5) is 6.40. The van der Waals surface area contributed by atoms with Gasteiger partial charge in [-0.05, 0) is 56.6 Å². The summed E-state index contributed by atoms with van der Waals surface area (Å²) in [6.45, 7) is 12.0. The van der Waals surface area contributed by atoms with Crippen LogP contribution in [-0.4, -0.2) is 47.7 Å². The fraction of sp³-hybridized carbons (Fsp3) is 0.545. The van der Waals surface area contributed by atoms with Gasteiger partial charge in [-0.15, -0.1) is 0 Å². The average molecular weight is 467 g/mol. The number of rotatable bonds is 10. The quantitative estimate of drug-likeness (QED) is 0.536. The Bertz CT molecular complexity index is 984. The zero-order chi connectivity index (χ0) is 23.2. The van der Waals surface area contributed by atoms with Gasteiger partial charge in [0.05, 0.1) is 31.3 Å². The van der Waals surface area contributed by atoms with Crippen LogP contribution in [0.1, 0.15) is 45.9 Å². The molecule has 0 fully saturated rings. The van der Waals surface area contributed by atoms with Crippen LogP contribution in [0.15, 0.2) is 35.6 Å². The van der Waals surface area contributed by atoms with Crippen molar-refractivity contribution in [2.45, 2.75) is 64.7 Å². The van der Waals surface area contributed by atoms with Crippen LogP contribution < -0.4 is 10.1 Å². The summed E-state index contributed by atoms with van der Waals surface area (Å²) >= 11 is 5.53. The van der Waals surface area contributed by atoms with Gasteiger partial charge in [-0.1, -0.05) is 26.0 Å². The summed E-state index contributed by atoms with van der Waals surface area (Å²) in [6.07, 6.45) is 1.66. The SMILES string of the molecule is CCNC(=S)N(Cc1cnc(S(=O)(=O)Cc2cccc(OC)c2)n1CC(C)C)C(C)C. The van der Waals surface area contributed by atoms with Gasteiger partial charge in [-0.25, -0.2) is 13.4 Å². The fourth-order valence-electron chi connectivity index (χ4n) is 3.29. The highest BCUT2D eigenvalue weighted by molar-refractivity contribution is 7.90. The molecule has 2 aromatic rings. The maximum absolute atomic E-state index is 13.3. The molecule has 0 aliphatic heterocycles. The van der Waals surface area contributed by atoms with Crippen LogP contribution in [0.2, 0.25) is 0 Å². The number of aromatic nitrogens is 2. The smallest absolute Gasteiger partial charge is 0.228 e. The first-order valence-corrected chi connectivity index (χ1v) is 12.6. The number of nitrogens with zero attached hydrogens (tertiary/aromatic N) is 3. The number of thiocarbonyl (C=S) groups is 1. The minimum atomic E-state index is -3.65. The van der Waals surface area contributed by atoms with Crippen molar-refractivity contribution in [1.29, 1.82) is 0 Å². The van der Waals surface area contributed by atoms with Crippen LogP contribution in [0.5, 0.6) is 5.75 Å². The maximum atomic E-state index is 13.3. The van der Waals surface area contributed by atoms with Gasteiger partial charge in [0, 0.05) is 19.1 Å². The minimum Gasteiger partial charge on any atom is -0.497 e. The van der Waals surface area contributed by atoms with Gasteiger partial charge in [-0.3, -0.25) is 0 Å². The van der Waals surface area contributed by atoms with Crippen molar-refractivity contribution in [2.75, 3.05) is 13.7 Å². The molecule has 0 unspecified atom stereocenters. The number of sulfone groups is 1. The number of imidazole rings is 1. The Morgan fingerprint density at radius 2 is 2.00 bits per heavy atom. The van der Waals surface area contributed by atoms with Crippen molar-refractivity contribution in [3.8, 4) is 5.75 Å². The van der Waals surface area contributed by atoms with Gasteiger partial charge < -0.3 is 19.5 Å². The van der Waals surface area contributed by atoms with Gasteiger partial charge >= 0.3 is 0 Å². The predicted molar refractivity (Wildman–Crippen MR) is 128 cm³/mol. The molecule has 0 bridgehead atoms. The summed E-state index contributed by atoms with van der Waals surface area (Å²) in [5.41, 5.74) is 1.49. The van der Waals surface area contributed by atoms with E-state index < -0.39 is 9.84 Å². The molecule has 0 aliphatic rings. The monoisotopic (exact) mass is 466 g/mol. The molecule has 7 nitrogen and oxygen atoms in total. The van der Waals surface area contributed by atoms with Gasteiger partial charge in [-0.2, -0.15) is 0 Å². The molecule has 0 atom stereocenters. The third-order valence-corrected chi connectivity index (χ3v) is 6.74. The molecular formula is C22H34N4O3S2. The van der Waals surface area contributed by atoms with E-state index >= 15 is 0 Å². The molecule has 1 aromatic heterocycles. The summed E-state index contributed by atoms with van der Waals surface area (Å²) < 4.78 is 33.6. The molecule has 0 saturated carbocycles. The van der Waals surface area contributed by atoms with Crippen LogP contribution in [0.25, 0.3) is 0 Å².